The summed E-state index contributed by atoms with van der Waals surface area (Å²) >= 11 is 1.74. The Morgan fingerprint density at radius 2 is 2.00 bits per heavy atom. The Labute approximate surface area is 108 Å². The predicted octanol–water partition coefficient (Wildman–Crippen LogP) is 3.55. The fraction of sp³-hybridized carbons (Fsp3) is 0.357. The van der Waals surface area contributed by atoms with E-state index in [1.165, 1.54) is 30.5 Å². The largest absolute Gasteiger partial charge is 0.354 e. The van der Waals surface area contributed by atoms with E-state index in [1.807, 2.05) is 6.07 Å². The number of rotatable bonds is 6. The smallest absolute Gasteiger partial charge is 0.189 e. The first-order valence-electron chi connectivity index (χ1n) is 6.20. The standard InChI is InChI=1S/C14H19N2S/c1-2-3-7-10-15-14-16-13(11-17-14)12-8-5-4-6-9-12/h4-6,8-9,11,15-16H,2-3,7,10H2,1H3. The third kappa shape index (κ3) is 3.79. The molecule has 1 heterocycles. The third-order valence-corrected chi connectivity index (χ3v) is 3.53. The molecule has 17 heavy (non-hydrogen) atoms. The minimum absolute atomic E-state index is 1.05. The summed E-state index contributed by atoms with van der Waals surface area (Å²) in [4.78, 5) is 0. The highest BCUT2D eigenvalue weighted by Crippen LogP contribution is 2.29. The fourth-order valence-corrected chi connectivity index (χ4v) is 2.50. The van der Waals surface area contributed by atoms with E-state index in [2.05, 4.69) is 47.2 Å². The number of thioether (sulfide) groups is 1. The molecule has 2 nitrogen and oxygen atoms in total. The molecular formula is C14H19N2S. The maximum absolute atomic E-state index is 3.43. The van der Waals surface area contributed by atoms with E-state index in [0.717, 1.165) is 12.0 Å². The molecule has 3 heteroatoms. The molecule has 1 aliphatic rings. The van der Waals surface area contributed by atoms with Gasteiger partial charge in [0.05, 0.1) is 5.70 Å². The fourth-order valence-electron chi connectivity index (χ4n) is 1.72. The van der Waals surface area contributed by atoms with Crippen LogP contribution in [0.5, 0.6) is 0 Å². The number of nitrogens with one attached hydrogen (secondary N) is 2. The van der Waals surface area contributed by atoms with E-state index in [4.69, 9.17) is 0 Å². The molecule has 1 aliphatic heterocycles. The van der Waals surface area contributed by atoms with Crippen molar-refractivity contribution in [1.29, 1.82) is 0 Å². The van der Waals surface area contributed by atoms with Crippen molar-refractivity contribution in [3.63, 3.8) is 0 Å². The van der Waals surface area contributed by atoms with Crippen LogP contribution in [0.3, 0.4) is 0 Å². The number of benzene rings is 1. The maximum Gasteiger partial charge on any atom is 0.189 e. The average Bonchev–Trinajstić information content (AvgIpc) is 2.85. The van der Waals surface area contributed by atoms with Crippen molar-refractivity contribution in [2.45, 2.75) is 26.2 Å². The van der Waals surface area contributed by atoms with E-state index in [0.29, 0.717) is 0 Å². The normalized spacial score (nSPS) is 15.7. The summed E-state index contributed by atoms with van der Waals surface area (Å²) in [7, 11) is 0. The molecule has 91 valence electrons. The van der Waals surface area contributed by atoms with E-state index in [-0.39, 0.29) is 0 Å². The molecule has 0 fully saturated rings. The Bertz CT molecular complexity index is 362. The Balaban J connectivity index is 1.75. The zero-order valence-electron chi connectivity index (χ0n) is 10.2. The molecule has 0 atom stereocenters. The van der Waals surface area contributed by atoms with Crippen molar-refractivity contribution >= 4 is 17.5 Å². The van der Waals surface area contributed by atoms with E-state index in [9.17, 15) is 0 Å². The summed E-state index contributed by atoms with van der Waals surface area (Å²) in [6, 6.07) is 10.4. The highest BCUT2D eigenvalue weighted by molar-refractivity contribution is 8.05. The van der Waals surface area contributed by atoms with Crippen LogP contribution in [0.15, 0.2) is 35.7 Å². The predicted molar refractivity (Wildman–Crippen MR) is 75.9 cm³/mol. The van der Waals surface area contributed by atoms with Crippen LogP contribution in [0.2, 0.25) is 0 Å². The topological polar surface area (TPSA) is 24.1 Å². The second-order valence-electron chi connectivity index (χ2n) is 4.10. The van der Waals surface area contributed by atoms with Crippen LogP contribution in [-0.2, 0) is 0 Å². The minimum Gasteiger partial charge on any atom is -0.354 e. The quantitative estimate of drug-likeness (QED) is 0.752. The van der Waals surface area contributed by atoms with Crippen LogP contribution < -0.4 is 10.6 Å². The summed E-state index contributed by atoms with van der Waals surface area (Å²) in [5.74, 6) is 0. The highest BCUT2D eigenvalue weighted by Gasteiger charge is 2.17. The summed E-state index contributed by atoms with van der Waals surface area (Å²) in [5, 5.41) is 9.01. The van der Waals surface area contributed by atoms with Gasteiger partial charge in [-0.05, 0) is 23.9 Å². The summed E-state index contributed by atoms with van der Waals surface area (Å²) in [6.07, 6.45) is 3.80. The first-order valence-corrected chi connectivity index (χ1v) is 7.08. The molecule has 1 aromatic rings. The van der Waals surface area contributed by atoms with Gasteiger partial charge in [-0.2, -0.15) is 0 Å². The van der Waals surface area contributed by atoms with Crippen molar-refractivity contribution in [3.8, 4) is 0 Å². The van der Waals surface area contributed by atoms with Crippen LogP contribution in [0.1, 0.15) is 31.7 Å². The maximum atomic E-state index is 3.43. The van der Waals surface area contributed by atoms with Gasteiger partial charge in [0, 0.05) is 0 Å². The zero-order valence-corrected chi connectivity index (χ0v) is 11.0. The van der Waals surface area contributed by atoms with Gasteiger partial charge < -0.3 is 5.32 Å². The molecule has 1 aromatic carbocycles. The lowest BCUT2D eigenvalue weighted by Crippen LogP contribution is -2.28. The van der Waals surface area contributed by atoms with Gasteiger partial charge in [0.15, 0.2) is 5.50 Å². The summed E-state index contributed by atoms with van der Waals surface area (Å²) in [6.45, 7) is 3.28. The van der Waals surface area contributed by atoms with Crippen LogP contribution in [0.25, 0.3) is 5.70 Å². The first kappa shape index (κ1) is 12.5. The Hall–Kier alpha value is -0.930. The number of hydrogen-bond donors (Lipinski definition) is 2. The van der Waals surface area contributed by atoms with E-state index >= 15 is 0 Å². The second-order valence-corrected chi connectivity index (χ2v) is 4.98. The second kappa shape index (κ2) is 6.72. The van der Waals surface area contributed by atoms with Gasteiger partial charge >= 0.3 is 0 Å². The molecule has 0 spiro atoms. The van der Waals surface area contributed by atoms with Crippen LogP contribution in [-0.4, -0.2) is 6.54 Å². The lowest BCUT2D eigenvalue weighted by Gasteiger charge is -2.13. The molecule has 2 N–H and O–H groups in total. The Morgan fingerprint density at radius 3 is 2.76 bits per heavy atom. The van der Waals surface area contributed by atoms with Crippen molar-refractivity contribution in [2.75, 3.05) is 6.54 Å². The van der Waals surface area contributed by atoms with Gasteiger partial charge in [-0.3, -0.25) is 5.32 Å². The first-order chi connectivity index (χ1) is 8.40. The van der Waals surface area contributed by atoms with Crippen molar-refractivity contribution in [3.05, 3.63) is 46.8 Å². The number of hydrogen-bond acceptors (Lipinski definition) is 3. The lowest BCUT2D eigenvalue weighted by molar-refractivity contribution is 0.639. The zero-order chi connectivity index (χ0) is 11.9. The van der Waals surface area contributed by atoms with E-state index < -0.39 is 0 Å². The van der Waals surface area contributed by atoms with Crippen LogP contribution in [0, 0.1) is 5.50 Å². The summed E-state index contributed by atoms with van der Waals surface area (Å²) in [5.41, 5.74) is 3.58. The van der Waals surface area contributed by atoms with E-state index in [1.54, 1.807) is 11.8 Å². The van der Waals surface area contributed by atoms with Crippen molar-refractivity contribution < 1.29 is 0 Å². The van der Waals surface area contributed by atoms with Gasteiger partial charge in [0.25, 0.3) is 0 Å². The van der Waals surface area contributed by atoms with Gasteiger partial charge in [-0.15, -0.1) is 0 Å². The highest BCUT2D eigenvalue weighted by atomic mass is 32.2. The molecule has 0 saturated carbocycles. The van der Waals surface area contributed by atoms with Gasteiger partial charge in [0.1, 0.15) is 0 Å². The monoisotopic (exact) mass is 247 g/mol. The molecule has 0 bridgehead atoms. The Kier molecular flexibility index (Phi) is 4.95. The third-order valence-electron chi connectivity index (χ3n) is 2.69. The van der Waals surface area contributed by atoms with Crippen LogP contribution >= 0.6 is 11.8 Å². The lowest BCUT2D eigenvalue weighted by atomic mass is 10.2. The van der Waals surface area contributed by atoms with Crippen LogP contribution in [0.4, 0.5) is 0 Å². The molecule has 0 aromatic heterocycles. The average molecular weight is 247 g/mol. The molecule has 0 saturated heterocycles. The molecule has 0 unspecified atom stereocenters. The molecular weight excluding hydrogens is 228 g/mol. The Morgan fingerprint density at radius 1 is 1.18 bits per heavy atom. The number of unbranched alkanes of at least 4 members (excludes halogenated alkanes) is 2. The SMILES string of the molecule is CCCCCN[C]1NC(c2ccccc2)=CS1. The van der Waals surface area contributed by atoms with Gasteiger partial charge in [-0.1, -0.05) is 61.9 Å². The molecule has 0 aliphatic carbocycles. The van der Waals surface area contributed by atoms with Crippen molar-refractivity contribution in [2.24, 2.45) is 0 Å². The summed E-state index contributed by atoms with van der Waals surface area (Å²) < 4.78 is 0. The van der Waals surface area contributed by atoms with Crippen molar-refractivity contribution in [1.82, 2.24) is 10.6 Å². The molecule has 2 rings (SSSR count). The molecule has 0 amide bonds. The molecule has 1 radical (unpaired) electrons. The minimum atomic E-state index is 1.05. The van der Waals surface area contributed by atoms with Gasteiger partial charge in [-0.25, -0.2) is 0 Å². The van der Waals surface area contributed by atoms with Gasteiger partial charge in [0.2, 0.25) is 0 Å².